The van der Waals surface area contributed by atoms with Crippen LogP contribution in [0, 0.1) is 6.92 Å². The van der Waals surface area contributed by atoms with E-state index in [4.69, 9.17) is 5.73 Å². The molecule has 0 radical (unpaired) electrons. The first-order valence-corrected chi connectivity index (χ1v) is 6.45. The molecule has 0 saturated heterocycles. The van der Waals surface area contributed by atoms with Crippen molar-refractivity contribution in [3.63, 3.8) is 0 Å². The largest absolute Gasteiger partial charge is 0.383 e. The molecule has 0 spiro atoms. The van der Waals surface area contributed by atoms with Gasteiger partial charge in [0.15, 0.2) is 0 Å². The highest BCUT2D eigenvalue weighted by molar-refractivity contribution is 7.90. The molecule has 0 saturated carbocycles. The predicted octanol–water partition coefficient (Wildman–Crippen LogP) is -0.176. The molecule has 0 unspecified atom stereocenters. The van der Waals surface area contributed by atoms with Crippen LogP contribution in [0.3, 0.4) is 0 Å². The number of aromatic nitrogens is 2. The van der Waals surface area contributed by atoms with Crippen molar-refractivity contribution in [2.24, 2.45) is 0 Å². The van der Waals surface area contributed by atoms with Crippen LogP contribution in [0.2, 0.25) is 0 Å². The molecule has 1 heterocycles. The molecule has 0 aliphatic heterocycles. The maximum Gasteiger partial charge on any atom is 0.149 e. The van der Waals surface area contributed by atoms with E-state index in [0.29, 0.717) is 18.2 Å². The number of nitrogens with one attached hydrogen (secondary N) is 1. The lowest BCUT2D eigenvalue weighted by molar-refractivity contribution is 0.602. The number of hydrogen-bond acceptors (Lipinski definition) is 6. The van der Waals surface area contributed by atoms with Gasteiger partial charge in [-0.25, -0.2) is 18.4 Å². The zero-order chi connectivity index (χ0) is 11.5. The molecule has 1 aromatic rings. The van der Waals surface area contributed by atoms with E-state index in [0.717, 1.165) is 5.56 Å². The molecule has 1 rings (SSSR count). The lowest BCUT2D eigenvalue weighted by atomic mass is 10.3. The summed E-state index contributed by atoms with van der Waals surface area (Å²) < 4.78 is 21.8. The maximum atomic E-state index is 10.9. The lowest BCUT2D eigenvalue weighted by Gasteiger charge is -2.08. The van der Waals surface area contributed by atoms with Gasteiger partial charge in [0, 0.05) is 18.4 Å². The average Bonchev–Trinajstić information content (AvgIpc) is 2.10. The maximum absolute atomic E-state index is 10.9. The zero-order valence-corrected chi connectivity index (χ0v) is 9.50. The molecule has 0 fully saturated rings. The first kappa shape index (κ1) is 11.7. The third-order valence-corrected chi connectivity index (χ3v) is 2.83. The first-order valence-electron chi connectivity index (χ1n) is 4.39. The van der Waals surface area contributed by atoms with E-state index in [1.54, 1.807) is 6.92 Å². The Labute approximate surface area is 88.8 Å². The van der Waals surface area contributed by atoms with Crippen molar-refractivity contribution < 1.29 is 8.42 Å². The fourth-order valence-corrected chi connectivity index (χ4v) is 1.47. The zero-order valence-electron chi connectivity index (χ0n) is 8.69. The first-order chi connectivity index (χ1) is 6.90. The lowest BCUT2D eigenvalue weighted by Crippen LogP contribution is -2.15. The van der Waals surface area contributed by atoms with Gasteiger partial charge in [0.05, 0.1) is 5.75 Å². The summed E-state index contributed by atoms with van der Waals surface area (Å²) in [6, 6.07) is 0. The smallest absolute Gasteiger partial charge is 0.149 e. The van der Waals surface area contributed by atoms with E-state index in [2.05, 4.69) is 15.3 Å². The SMILES string of the molecule is Cc1c(N)ncnc1NCCS(C)(=O)=O. The average molecular weight is 230 g/mol. The van der Waals surface area contributed by atoms with Gasteiger partial charge in [-0.3, -0.25) is 0 Å². The van der Waals surface area contributed by atoms with Crippen LogP contribution in [-0.2, 0) is 9.84 Å². The Morgan fingerprint density at radius 1 is 1.47 bits per heavy atom. The topological polar surface area (TPSA) is 98.0 Å². The Morgan fingerprint density at radius 3 is 2.73 bits per heavy atom. The minimum absolute atomic E-state index is 0.0658. The summed E-state index contributed by atoms with van der Waals surface area (Å²) in [7, 11) is -2.95. The molecule has 0 amide bonds. The Bertz CT molecular complexity index is 444. The molecular weight excluding hydrogens is 216 g/mol. The fourth-order valence-electron chi connectivity index (χ4n) is 0.997. The number of nitrogen functional groups attached to an aromatic ring is 1. The summed E-state index contributed by atoms with van der Waals surface area (Å²) in [6.07, 6.45) is 2.53. The molecule has 0 atom stereocenters. The molecule has 7 heteroatoms. The van der Waals surface area contributed by atoms with Crippen LogP contribution in [0.25, 0.3) is 0 Å². The summed E-state index contributed by atoms with van der Waals surface area (Å²) >= 11 is 0. The van der Waals surface area contributed by atoms with Crippen molar-refractivity contribution >= 4 is 21.5 Å². The summed E-state index contributed by atoms with van der Waals surface area (Å²) in [6.45, 7) is 2.09. The van der Waals surface area contributed by atoms with E-state index < -0.39 is 9.84 Å². The minimum atomic E-state index is -2.95. The van der Waals surface area contributed by atoms with Gasteiger partial charge in [0.2, 0.25) is 0 Å². The molecule has 6 nitrogen and oxygen atoms in total. The summed E-state index contributed by atoms with van der Waals surface area (Å²) in [5, 5.41) is 2.90. The van der Waals surface area contributed by atoms with Crippen molar-refractivity contribution in [2.45, 2.75) is 6.92 Å². The van der Waals surface area contributed by atoms with Crippen LogP contribution in [0.5, 0.6) is 0 Å². The van der Waals surface area contributed by atoms with Crippen molar-refractivity contribution in [1.29, 1.82) is 0 Å². The quantitative estimate of drug-likeness (QED) is 0.744. The molecule has 0 bridgehead atoms. The number of nitrogens with zero attached hydrogens (tertiary/aromatic N) is 2. The second-order valence-electron chi connectivity index (χ2n) is 3.29. The van der Waals surface area contributed by atoms with Crippen LogP contribution in [0.1, 0.15) is 5.56 Å². The van der Waals surface area contributed by atoms with Gasteiger partial charge in [-0.05, 0) is 6.92 Å². The summed E-state index contributed by atoms with van der Waals surface area (Å²) in [5.74, 6) is 1.04. The molecular formula is C8H14N4O2S. The Hall–Kier alpha value is -1.37. The van der Waals surface area contributed by atoms with E-state index in [-0.39, 0.29) is 5.75 Å². The van der Waals surface area contributed by atoms with E-state index in [9.17, 15) is 8.42 Å². The second kappa shape index (κ2) is 4.43. The van der Waals surface area contributed by atoms with Gasteiger partial charge in [-0.15, -0.1) is 0 Å². The molecule has 0 aromatic carbocycles. The highest BCUT2D eigenvalue weighted by Gasteiger charge is 2.05. The molecule has 1 aromatic heterocycles. The van der Waals surface area contributed by atoms with Crippen LogP contribution < -0.4 is 11.1 Å². The predicted molar refractivity (Wildman–Crippen MR) is 59.4 cm³/mol. The fraction of sp³-hybridized carbons (Fsp3) is 0.500. The van der Waals surface area contributed by atoms with E-state index in [1.165, 1.54) is 12.6 Å². The van der Waals surface area contributed by atoms with Crippen LogP contribution in [0.15, 0.2) is 6.33 Å². The highest BCUT2D eigenvalue weighted by atomic mass is 32.2. The monoisotopic (exact) mass is 230 g/mol. The Kier molecular flexibility index (Phi) is 3.46. The van der Waals surface area contributed by atoms with Gasteiger partial charge in [0.1, 0.15) is 27.8 Å². The number of rotatable bonds is 4. The van der Waals surface area contributed by atoms with Gasteiger partial charge in [-0.2, -0.15) is 0 Å². The minimum Gasteiger partial charge on any atom is -0.383 e. The Balaban J connectivity index is 2.62. The van der Waals surface area contributed by atoms with Gasteiger partial charge in [0.25, 0.3) is 0 Å². The second-order valence-corrected chi connectivity index (χ2v) is 5.55. The van der Waals surface area contributed by atoms with Crippen molar-refractivity contribution in [2.75, 3.05) is 29.6 Å². The third-order valence-electron chi connectivity index (χ3n) is 1.89. The standard InChI is InChI=1S/C8H14N4O2S/c1-6-7(9)11-5-12-8(6)10-3-4-15(2,13)14/h5H,3-4H2,1-2H3,(H3,9,10,11,12). The highest BCUT2D eigenvalue weighted by Crippen LogP contribution is 2.14. The van der Waals surface area contributed by atoms with Gasteiger partial charge < -0.3 is 11.1 Å². The molecule has 15 heavy (non-hydrogen) atoms. The number of nitrogens with two attached hydrogens (primary N) is 1. The van der Waals surface area contributed by atoms with Gasteiger partial charge in [-0.1, -0.05) is 0 Å². The van der Waals surface area contributed by atoms with Crippen molar-refractivity contribution in [3.05, 3.63) is 11.9 Å². The normalized spacial score (nSPS) is 11.3. The van der Waals surface area contributed by atoms with E-state index in [1.807, 2.05) is 0 Å². The number of hydrogen-bond donors (Lipinski definition) is 2. The van der Waals surface area contributed by atoms with Crippen molar-refractivity contribution in [1.82, 2.24) is 9.97 Å². The third kappa shape index (κ3) is 3.70. The van der Waals surface area contributed by atoms with Crippen LogP contribution in [-0.4, -0.2) is 36.9 Å². The molecule has 0 aliphatic rings. The number of anilines is 2. The molecule has 3 N–H and O–H groups in total. The summed E-state index contributed by atoms with van der Waals surface area (Å²) in [4.78, 5) is 7.77. The molecule has 84 valence electrons. The van der Waals surface area contributed by atoms with Gasteiger partial charge >= 0.3 is 0 Å². The van der Waals surface area contributed by atoms with E-state index >= 15 is 0 Å². The molecule has 0 aliphatic carbocycles. The van der Waals surface area contributed by atoms with Crippen LogP contribution in [0.4, 0.5) is 11.6 Å². The Morgan fingerprint density at radius 2 is 2.13 bits per heavy atom. The number of sulfone groups is 1. The van der Waals surface area contributed by atoms with Crippen LogP contribution >= 0.6 is 0 Å². The van der Waals surface area contributed by atoms with Crippen molar-refractivity contribution in [3.8, 4) is 0 Å². The summed E-state index contributed by atoms with van der Waals surface area (Å²) in [5.41, 5.74) is 6.30.